The molecular formula is C19H18ClN5O3S2. The minimum absolute atomic E-state index is 0.0398. The number of thioether (sulfide) groups is 1. The van der Waals surface area contributed by atoms with Crippen LogP contribution >= 0.6 is 34.7 Å². The van der Waals surface area contributed by atoms with E-state index in [0.717, 1.165) is 17.8 Å². The van der Waals surface area contributed by atoms with Gasteiger partial charge in [-0.25, -0.2) is 0 Å². The normalized spacial score (nSPS) is 10.7. The minimum atomic E-state index is -0.547. The Hall–Kier alpha value is -2.69. The van der Waals surface area contributed by atoms with Crippen molar-refractivity contribution in [2.24, 2.45) is 0 Å². The van der Waals surface area contributed by atoms with Gasteiger partial charge in [-0.3, -0.25) is 19.5 Å². The van der Waals surface area contributed by atoms with Crippen LogP contribution in [0.3, 0.4) is 0 Å². The molecule has 0 spiro atoms. The summed E-state index contributed by atoms with van der Waals surface area (Å²) in [6.07, 6.45) is 2.69. The fraction of sp³-hybridized carbons (Fsp3) is 0.211. The van der Waals surface area contributed by atoms with Gasteiger partial charge < -0.3 is 5.32 Å². The second kappa shape index (κ2) is 9.88. The number of nitrogens with one attached hydrogen (secondary N) is 1. The van der Waals surface area contributed by atoms with Crippen LogP contribution in [0.2, 0.25) is 5.02 Å². The number of aromatic nitrogens is 3. The second-order valence-corrected chi connectivity index (χ2v) is 8.46. The number of non-ortho nitro benzene ring substituents is 1. The molecule has 11 heteroatoms. The third-order valence-corrected chi connectivity index (χ3v) is 6.43. The largest absolute Gasteiger partial charge is 0.324 e. The van der Waals surface area contributed by atoms with E-state index >= 15 is 0 Å². The molecule has 2 heterocycles. The number of hydrogen-bond donors (Lipinski definition) is 1. The number of halogens is 1. The number of allylic oxidation sites excluding steroid dienone is 1. The maximum Gasteiger partial charge on any atom is 0.271 e. The Bertz CT molecular complexity index is 1100. The molecule has 2 aromatic heterocycles. The molecule has 30 heavy (non-hydrogen) atoms. The van der Waals surface area contributed by atoms with E-state index in [1.54, 1.807) is 17.4 Å². The highest BCUT2D eigenvalue weighted by Crippen LogP contribution is 2.29. The van der Waals surface area contributed by atoms with Crippen molar-refractivity contribution >= 4 is 52.0 Å². The highest BCUT2D eigenvalue weighted by atomic mass is 35.5. The van der Waals surface area contributed by atoms with Gasteiger partial charge in [0.2, 0.25) is 5.91 Å². The Labute approximate surface area is 186 Å². The zero-order valence-corrected chi connectivity index (χ0v) is 18.4. The SMILES string of the molecule is C=CCn1c(SCC(=O)Nc2cc([N+](=O)[O-])ccc2Cl)nnc1-c1csc(CC)c1. The van der Waals surface area contributed by atoms with E-state index in [0.29, 0.717) is 11.7 Å². The Morgan fingerprint density at radius 3 is 2.90 bits per heavy atom. The molecule has 3 rings (SSSR count). The summed E-state index contributed by atoms with van der Waals surface area (Å²) in [4.78, 5) is 24.0. The number of amides is 1. The summed E-state index contributed by atoms with van der Waals surface area (Å²) in [5.74, 6) is 0.398. The van der Waals surface area contributed by atoms with Gasteiger partial charge in [0.05, 0.1) is 21.4 Å². The number of benzene rings is 1. The Balaban J connectivity index is 1.72. The zero-order valence-electron chi connectivity index (χ0n) is 16.0. The van der Waals surface area contributed by atoms with Crippen LogP contribution in [0.4, 0.5) is 11.4 Å². The van der Waals surface area contributed by atoms with Crippen LogP contribution in [0.5, 0.6) is 0 Å². The second-order valence-electron chi connectivity index (χ2n) is 6.12. The Morgan fingerprint density at radius 1 is 1.43 bits per heavy atom. The summed E-state index contributed by atoms with van der Waals surface area (Å²) in [7, 11) is 0. The number of nitro groups is 1. The van der Waals surface area contributed by atoms with Gasteiger partial charge in [0.1, 0.15) is 0 Å². The van der Waals surface area contributed by atoms with Crippen molar-refractivity contribution in [3.63, 3.8) is 0 Å². The quantitative estimate of drug-likeness (QED) is 0.206. The zero-order chi connectivity index (χ0) is 21.7. The molecule has 1 aromatic carbocycles. The lowest BCUT2D eigenvalue weighted by Crippen LogP contribution is -2.15. The third-order valence-electron chi connectivity index (χ3n) is 4.06. The molecule has 0 unspecified atom stereocenters. The third kappa shape index (κ3) is 5.07. The minimum Gasteiger partial charge on any atom is -0.324 e. The summed E-state index contributed by atoms with van der Waals surface area (Å²) >= 11 is 8.91. The van der Waals surface area contributed by atoms with E-state index in [4.69, 9.17) is 11.6 Å². The molecule has 0 saturated carbocycles. The molecule has 0 saturated heterocycles. The number of nitro benzene ring substituents is 1. The first-order valence-corrected chi connectivity index (χ1v) is 11.2. The van der Waals surface area contributed by atoms with Crippen molar-refractivity contribution in [3.8, 4) is 11.4 Å². The molecule has 0 aliphatic heterocycles. The van der Waals surface area contributed by atoms with Crippen LogP contribution < -0.4 is 5.32 Å². The number of hydrogen-bond acceptors (Lipinski definition) is 7. The first-order valence-electron chi connectivity index (χ1n) is 8.91. The summed E-state index contributed by atoms with van der Waals surface area (Å²) in [6.45, 7) is 6.38. The lowest BCUT2D eigenvalue weighted by molar-refractivity contribution is -0.384. The van der Waals surface area contributed by atoms with Gasteiger partial charge in [0, 0.05) is 34.5 Å². The molecule has 0 atom stereocenters. The number of carbonyl (C=O) groups excluding carboxylic acids is 1. The van der Waals surface area contributed by atoms with Gasteiger partial charge in [-0.1, -0.05) is 36.4 Å². The molecular weight excluding hydrogens is 446 g/mol. The monoisotopic (exact) mass is 463 g/mol. The van der Waals surface area contributed by atoms with Gasteiger partial charge in [-0.2, -0.15) is 0 Å². The fourth-order valence-corrected chi connectivity index (χ4v) is 4.35. The molecule has 0 aliphatic rings. The van der Waals surface area contributed by atoms with Crippen molar-refractivity contribution in [2.45, 2.75) is 25.0 Å². The Kier molecular flexibility index (Phi) is 7.24. The molecule has 0 fully saturated rings. The topological polar surface area (TPSA) is 103 Å². The smallest absolute Gasteiger partial charge is 0.271 e. The van der Waals surface area contributed by atoms with Crippen molar-refractivity contribution in [2.75, 3.05) is 11.1 Å². The van der Waals surface area contributed by atoms with E-state index in [-0.39, 0.29) is 28.1 Å². The Morgan fingerprint density at radius 2 is 2.23 bits per heavy atom. The fourth-order valence-electron chi connectivity index (χ4n) is 2.63. The highest BCUT2D eigenvalue weighted by molar-refractivity contribution is 7.99. The highest BCUT2D eigenvalue weighted by Gasteiger charge is 2.17. The van der Waals surface area contributed by atoms with Crippen LogP contribution in [0.1, 0.15) is 11.8 Å². The lowest BCUT2D eigenvalue weighted by Gasteiger charge is -2.08. The number of nitrogens with zero attached hydrogens (tertiary/aromatic N) is 4. The van der Waals surface area contributed by atoms with Gasteiger partial charge >= 0.3 is 0 Å². The van der Waals surface area contributed by atoms with Crippen LogP contribution in [0.15, 0.2) is 47.5 Å². The van der Waals surface area contributed by atoms with E-state index in [2.05, 4.69) is 35.1 Å². The van der Waals surface area contributed by atoms with Crippen molar-refractivity contribution in [1.29, 1.82) is 0 Å². The van der Waals surface area contributed by atoms with Crippen LogP contribution in [-0.2, 0) is 17.8 Å². The summed E-state index contributed by atoms with van der Waals surface area (Å²) < 4.78 is 1.90. The van der Waals surface area contributed by atoms with E-state index in [1.165, 1.54) is 34.8 Å². The summed E-state index contributed by atoms with van der Waals surface area (Å²) in [6, 6.07) is 5.96. The summed E-state index contributed by atoms with van der Waals surface area (Å²) in [5.41, 5.74) is 1.01. The van der Waals surface area contributed by atoms with Gasteiger partial charge in [-0.15, -0.1) is 28.1 Å². The van der Waals surface area contributed by atoms with Crippen molar-refractivity contribution in [1.82, 2.24) is 14.8 Å². The summed E-state index contributed by atoms with van der Waals surface area (Å²) in [5, 5.41) is 24.9. The predicted molar refractivity (Wildman–Crippen MR) is 120 cm³/mol. The number of aryl methyl sites for hydroxylation is 1. The molecule has 8 nitrogen and oxygen atoms in total. The van der Waals surface area contributed by atoms with Gasteiger partial charge in [0.15, 0.2) is 11.0 Å². The molecule has 0 bridgehead atoms. The number of anilines is 1. The first-order chi connectivity index (χ1) is 14.4. The van der Waals surface area contributed by atoms with Gasteiger partial charge in [-0.05, 0) is 18.6 Å². The number of carbonyl (C=O) groups is 1. The average molecular weight is 464 g/mol. The van der Waals surface area contributed by atoms with Gasteiger partial charge in [0.25, 0.3) is 5.69 Å². The predicted octanol–water partition coefficient (Wildman–Crippen LogP) is 5.05. The molecule has 1 amide bonds. The average Bonchev–Trinajstić information content (AvgIpc) is 3.35. The maximum absolute atomic E-state index is 12.4. The molecule has 0 aliphatic carbocycles. The molecule has 1 N–H and O–H groups in total. The number of rotatable bonds is 9. The standard InChI is InChI=1S/C19H18ClN5O3S2/c1-3-7-24-18(12-8-14(4-2)29-10-12)22-23-19(24)30-11-17(26)21-16-9-13(25(27)28)5-6-15(16)20/h3,5-6,8-10H,1,4,7,11H2,2H3,(H,21,26). The van der Waals surface area contributed by atoms with E-state index in [1.807, 2.05) is 9.95 Å². The first kappa shape index (κ1) is 22.0. The number of thiophene rings is 1. The maximum atomic E-state index is 12.4. The molecule has 156 valence electrons. The van der Waals surface area contributed by atoms with Crippen molar-refractivity contribution < 1.29 is 9.72 Å². The van der Waals surface area contributed by atoms with E-state index < -0.39 is 4.92 Å². The van der Waals surface area contributed by atoms with Crippen LogP contribution in [0, 0.1) is 10.1 Å². The van der Waals surface area contributed by atoms with Crippen LogP contribution in [0.25, 0.3) is 11.4 Å². The molecule has 0 radical (unpaired) electrons. The van der Waals surface area contributed by atoms with E-state index in [9.17, 15) is 14.9 Å². The molecule has 3 aromatic rings. The van der Waals surface area contributed by atoms with Crippen LogP contribution in [-0.4, -0.2) is 31.3 Å². The van der Waals surface area contributed by atoms with Crippen molar-refractivity contribution in [3.05, 3.63) is 62.3 Å². The lowest BCUT2D eigenvalue weighted by atomic mass is 10.2.